The molecule has 0 saturated heterocycles. The highest BCUT2D eigenvalue weighted by Crippen LogP contribution is 2.24. The van der Waals surface area contributed by atoms with Crippen LogP contribution in [-0.2, 0) is 6.54 Å². The van der Waals surface area contributed by atoms with Crippen LogP contribution >= 0.6 is 15.9 Å². The van der Waals surface area contributed by atoms with Crippen molar-refractivity contribution in [2.75, 3.05) is 11.9 Å². The van der Waals surface area contributed by atoms with E-state index in [2.05, 4.69) is 26.2 Å². The van der Waals surface area contributed by atoms with Gasteiger partial charge in [-0.25, -0.2) is 4.98 Å². The van der Waals surface area contributed by atoms with Gasteiger partial charge in [0.1, 0.15) is 11.4 Å². The molecule has 1 N–H and O–H groups in total. The number of halogens is 1. The Morgan fingerprint density at radius 1 is 1.26 bits per heavy atom. The Morgan fingerprint density at radius 2 is 2.09 bits per heavy atom. The Morgan fingerprint density at radius 3 is 2.91 bits per heavy atom. The van der Waals surface area contributed by atoms with Gasteiger partial charge >= 0.3 is 0 Å². The number of nitrogens with zero attached hydrogens (tertiary/aromatic N) is 2. The van der Waals surface area contributed by atoms with Crippen LogP contribution in [0.5, 0.6) is 5.75 Å². The first-order valence-electron chi connectivity index (χ1n) is 7.31. The predicted octanol–water partition coefficient (Wildman–Crippen LogP) is 3.47. The number of pyridine rings is 1. The average molecular weight is 374 g/mol. The second-order valence-corrected chi connectivity index (χ2v) is 5.86. The summed E-state index contributed by atoms with van der Waals surface area (Å²) < 4.78 is 7.93. The van der Waals surface area contributed by atoms with E-state index in [9.17, 15) is 4.79 Å². The summed E-state index contributed by atoms with van der Waals surface area (Å²) in [7, 11) is 0. The fourth-order valence-electron chi connectivity index (χ4n) is 2.30. The summed E-state index contributed by atoms with van der Waals surface area (Å²) in [6.45, 7) is 3.00. The fourth-order valence-corrected chi connectivity index (χ4v) is 2.63. The van der Waals surface area contributed by atoms with Crippen molar-refractivity contribution in [3.63, 3.8) is 0 Å². The minimum Gasteiger partial charge on any atom is -0.492 e. The van der Waals surface area contributed by atoms with Crippen LogP contribution in [0.1, 0.15) is 12.6 Å². The largest absolute Gasteiger partial charge is 0.492 e. The zero-order chi connectivity index (χ0) is 16.2. The van der Waals surface area contributed by atoms with Crippen molar-refractivity contribution in [1.82, 2.24) is 9.38 Å². The molecule has 0 amide bonds. The number of hydrogen-bond acceptors (Lipinski definition) is 4. The molecule has 0 radical (unpaired) electrons. The van der Waals surface area contributed by atoms with Crippen molar-refractivity contribution in [2.45, 2.75) is 13.5 Å². The first-order valence-corrected chi connectivity index (χ1v) is 8.10. The molecule has 3 aromatic rings. The molecule has 0 unspecified atom stereocenters. The second kappa shape index (κ2) is 6.83. The van der Waals surface area contributed by atoms with Gasteiger partial charge in [0.25, 0.3) is 5.56 Å². The Hall–Kier alpha value is -2.34. The van der Waals surface area contributed by atoms with Gasteiger partial charge in [0.15, 0.2) is 0 Å². The van der Waals surface area contributed by atoms with Gasteiger partial charge in [-0.3, -0.25) is 9.20 Å². The lowest BCUT2D eigenvalue weighted by molar-refractivity contribution is 0.341. The van der Waals surface area contributed by atoms with E-state index in [0.29, 0.717) is 24.5 Å². The average Bonchev–Trinajstić information content (AvgIpc) is 2.55. The van der Waals surface area contributed by atoms with Gasteiger partial charge in [0, 0.05) is 16.7 Å². The molecular weight excluding hydrogens is 358 g/mol. The van der Waals surface area contributed by atoms with E-state index in [0.717, 1.165) is 15.9 Å². The van der Waals surface area contributed by atoms with Crippen LogP contribution in [0.15, 0.2) is 57.9 Å². The Bertz CT molecular complexity index is 892. The van der Waals surface area contributed by atoms with Crippen LogP contribution in [0.4, 0.5) is 5.69 Å². The maximum atomic E-state index is 12.2. The molecule has 23 heavy (non-hydrogen) atoms. The lowest BCUT2D eigenvalue weighted by Crippen LogP contribution is -2.16. The van der Waals surface area contributed by atoms with Gasteiger partial charge in [0.2, 0.25) is 0 Å². The number of rotatable bonds is 5. The number of anilines is 1. The number of benzene rings is 1. The van der Waals surface area contributed by atoms with Crippen molar-refractivity contribution < 1.29 is 4.74 Å². The Kier molecular flexibility index (Phi) is 4.62. The summed E-state index contributed by atoms with van der Waals surface area (Å²) in [5.41, 5.74) is 2.08. The van der Waals surface area contributed by atoms with E-state index in [-0.39, 0.29) is 5.56 Å². The molecule has 0 aliphatic heterocycles. The van der Waals surface area contributed by atoms with Gasteiger partial charge in [-0.1, -0.05) is 12.1 Å². The van der Waals surface area contributed by atoms with Crippen LogP contribution in [0.25, 0.3) is 5.65 Å². The minimum absolute atomic E-state index is 0.105. The molecule has 3 rings (SSSR count). The zero-order valence-electron chi connectivity index (χ0n) is 12.6. The SMILES string of the molecule is CCOc1ccccc1NCc1cc(=O)n2cc(Br)ccc2n1. The highest BCUT2D eigenvalue weighted by Gasteiger charge is 2.05. The van der Waals surface area contributed by atoms with E-state index in [1.54, 1.807) is 6.20 Å². The van der Waals surface area contributed by atoms with Gasteiger partial charge in [-0.05, 0) is 47.1 Å². The number of ether oxygens (including phenoxy) is 1. The van der Waals surface area contributed by atoms with Gasteiger partial charge < -0.3 is 10.1 Å². The van der Waals surface area contributed by atoms with E-state index in [1.165, 1.54) is 10.5 Å². The molecule has 0 bridgehead atoms. The number of nitrogens with one attached hydrogen (secondary N) is 1. The summed E-state index contributed by atoms with van der Waals surface area (Å²) in [5.74, 6) is 0.788. The van der Waals surface area contributed by atoms with E-state index < -0.39 is 0 Å². The number of fused-ring (bicyclic) bond motifs is 1. The van der Waals surface area contributed by atoms with E-state index in [1.807, 2.05) is 43.3 Å². The molecule has 0 fully saturated rings. The standard InChI is InChI=1S/C17H16BrN3O2/c1-2-23-15-6-4-3-5-14(15)19-10-13-9-17(22)21-11-12(18)7-8-16(21)20-13/h3-9,11,19H,2,10H2,1H3. The fraction of sp³-hybridized carbons (Fsp3) is 0.176. The van der Waals surface area contributed by atoms with Crippen molar-refractivity contribution in [1.29, 1.82) is 0 Å². The number of aromatic nitrogens is 2. The van der Waals surface area contributed by atoms with Gasteiger partial charge in [0.05, 0.1) is 24.5 Å². The molecule has 0 saturated carbocycles. The Balaban J connectivity index is 1.85. The molecule has 0 aliphatic carbocycles. The van der Waals surface area contributed by atoms with Crippen molar-refractivity contribution in [3.05, 3.63) is 69.2 Å². The van der Waals surface area contributed by atoms with Crippen LogP contribution < -0.4 is 15.6 Å². The third-order valence-electron chi connectivity index (χ3n) is 3.32. The molecule has 0 aliphatic rings. The molecular formula is C17H16BrN3O2. The molecule has 0 spiro atoms. The molecule has 2 heterocycles. The molecule has 1 aromatic carbocycles. The summed E-state index contributed by atoms with van der Waals surface area (Å²) in [4.78, 5) is 16.7. The monoisotopic (exact) mass is 373 g/mol. The summed E-state index contributed by atoms with van der Waals surface area (Å²) >= 11 is 3.36. The third-order valence-corrected chi connectivity index (χ3v) is 3.79. The molecule has 118 valence electrons. The summed E-state index contributed by atoms with van der Waals surface area (Å²) in [5, 5.41) is 3.27. The van der Waals surface area contributed by atoms with E-state index >= 15 is 0 Å². The third kappa shape index (κ3) is 3.53. The summed E-state index contributed by atoms with van der Waals surface area (Å²) in [6.07, 6.45) is 1.71. The van der Waals surface area contributed by atoms with Crippen LogP contribution in [0.3, 0.4) is 0 Å². The maximum Gasteiger partial charge on any atom is 0.258 e. The predicted molar refractivity (Wildman–Crippen MR) is 94.1 cm³/mol. The Labute approximate surface area is 142 Å². The van der Waals surface area contributed by atoms with Crippen LogP contribution in [0, 0.1) is 0 Å². The van der Waals surface area contributed by atoms with Crippen LogP contribution in [-0.4, -0.2) is 16.0 Å². The first kappa shape index (κ1) is 15.6. The van der Waals surface area contributed by atoms with Gasteiger partial charge in [-0.15, -0.1) is 0 Å². The van der Waals surface area contributed by atoms with Gasteiger partial charge in [-0.2, -0.15) is 0 Å². The normalized spacial score (nSPS) is 10.7. The van der Waals surface area contributed by atoms with Crippen molar-refractivity contribution >= 4 is 27.3 Å². The topological polar surface area (TPSA) is 55.6 Å². The van der Waals surface area contributed by atoms with Crippen molar-refractivity contribution in [3.8, 4) is 5.75 Å². The maximum absolute atomic E-state index is 12.2. The van der Waals surface area contributed by atoms with E-state index in [4.69, 9.17) is 4.74 Å². The number of para-hydroxylation sites is 2. The smallest absolute Gasteiger partial charge is 0.258 e. The summed E-state index contributed by atoms with van der Waals surface area (Å²) in [6, 6.07) is 12.9. The van der Waals surface area contributed by atoms with Crippen molar-refractivity contribution in [2.24, 2.45) is 0 Å². The molecule has 6 heteroatoms. The molecule has 0 atom stereocenters. The second-order valence-electron chi connectivity index (χ2n) is 4.94. The van der Waals surface area contributed by atoms with Crippen LogP contribution in [0.2, 0.25) is 0 Å². The lowest BCUT2D eigenvalue weighted by atomic mass is 10.3. The highest BCUT2D eigenvalue weighted by molar-refractivity contribution is 9.10. The zero-order valence-corrected chi connectivity index (χ0v) is 14.2. The minimum atomic E-state index is -0.105. The number of hydrogen-bond donors (Lipinski definition) is 1. The quantitative estimate of drug-likeness (QED) is 0.743. The molecule has 5 nitrogen and oxygen atoms in total. The highest BCUT2D eigenvalue weighted by atomic mass is 79.9. The first-order chi connectivity index (χ1) is 11.2. The lowest BCUT2D eigenvalue weighted by Gasteiger charge is -2.12. The molecule has 2 aromatic heterocycles.